The highest BCUT2D eigenvalue weighted by Gasteiger charge is 2.37. The molecule has 1 aliphatic carbocycles. The molecule has 0 aromatic heterocycles. The van der Waals surface area contributed by atoms with Crippen LogP contribution in [-0.4, -0.2) is 30.3 Å². The zero-order valence-corrected chi connectivity index (χ0v) is 13.1. The molecule has 0 amide bonds. The normalized spacial score (nSPS) is 25.8. The highest BCUT2D eigenvalue weighted by molar-refractivity contribution is 5.87. The number of carbonyl (C=O) groups is 1. The van der Waals surface area contributed by atoms with Crippen LogP contribution in [-0.2, 0) is 4.79 Å². The number of nitrogens with zero attached hydrogens (tertiary/aromatic N) is 1. The Morgan fingerprint density at radius 1 is 1.33 bits per heavy atom. The molecule has 0 spiro atoms. The van der Waals surface area contributed by atoms with Crippen LogP contribution in [0.15, 0.2) is 0 Å². The molecule has 0 radical (unpaired) electrons. The van der Waals surface area contributed by atoms with Gasteiger partial charge < -0.3 is 4.90 Å². The molecule has 1 saturated carbocycles. The summed E-state index contributed by atoms with van der Waals surface area (Å²) in [5, 5.41) is 0. The molecule has 1 aliphatic rings. The highest BCUT2D eigenvalue weighted by Crippen LogP contribution is 2.35. The van der Waals surface area contributed by atoms with E-state index in [4.69, 9.17) is 0 Å². The summed E-state index contributed by atoms with van der Waals surface area (Å²) in [6.45, 7) is 12.0. The van der Waals surface area contributed by atoms with Gasteiger partial charge in [-0.2, -0.15) is 0 Å². The van der Waals surface area contributed by atoms with Crippen molar-refractivity contribution in [2.24, 2.45) is 17.3 Å². The van der Waals surface area contributed by atoms with Crippen molar-refractivity contribution >= 4 is 5.78 Å². The Morgan fingerprint density at radius 3 is 2.50 bits per heavy atom. The molecule has 0 bridgehead atoms. The average Bonchev–Trinajstić information content (AvgIpc) is 2.23. The van der Waals surface area contributed by atoms with Gasteiger partial charge in [0.25, 0.3) is 0 Å². The summed E-state index contributed by atoms with van der Waals surface area (Å²) in [5.41, 5.74) is -0.0922. The molecule has 2 nitrogen and oxygen atoms in total. The first kappa shape index (κ1) is 15.7. The van der Waals surface area contributed by atoms with E-state index >= 15 is 0 Å². The third kappa shape index (κ3) is 4.08. The Bertz CT molecular complexity index is 283. The van der Waals surface area contributed by atoms with Gasteiger partial charge in [0.05, 0.1) is 0 Å². The summed E-state index contributed by atoms with van der Waals surface area (Å²) in [7, 11) is 2.17. The first-order valence-electron chi connectivity index (χ1n) is 7.48. The van der Waals surface area contributed by atoms with E-state index in [0.717, 1.165) is 25.3 Å². The van der Waals surface area contributed by atoms with Gasteiger partial charge in [0.2, 0.25) is 0 Å². The van der Waals surface area contributed by atoms with Crippen LogP contribution in [0.3, 0.4) is 0 Å². The smallest absolute Gasteiger partial charge is 0.142 e. The van der Waals surface area contributed by atoms with Gasteiger partial charge in [-0.25, -0.2) is 0 Å². The summed E-state index contributed by atoms with van der Waals surface area (Å²) < 4.78 is 0. The van der Waals surface area contributed by atoms with Gasteiger partial charge in [-0.3, -0.25) is 4.79 Å². The lowest BCUT2D eigenvalue weighted by Gasteiger charge is -2.37. The number of hydrogen-bond acceptors (Lipinski definition) is 2. The first-order valence-corrected chi connectivity index (χ1v) is 7.48. The molecule has 106 valence electrons. The third-order valence-electron chi connectivity index (χ3n) is 4.47. The maximum Gasteiger partial charge on any atom is 0.142 e. The number of hydrogen-bond donors (Lipinski definition) is 0. The third-order valence-corrected chi connectivity index (χ3v) is 4.47. The predicted octanol–water partition coefficient (Wildman–Crippen LogP) is 3.75. The lowest BCUT2D eigenvalue weighted by atomic mass is 9.71. The molecule has 0 saturated heterocycles. The van der Waals surface area contributed by atoms with E-state index in [2.05, 4.69) is 46.6 Å². The van der Waals surface area contributed by atoms with Crippen LogP contribution >= 0.6 is 0 Å². The Kier molecular flexibility index (Phi) is 5.39. The summed E-state index contributed by atoms with van der Waals surface area (Å²) in [4.78, 5) is 14.8. The molecule has 0 aliphatic heterocycles. The Morgan fingerprint density at radius 2 is 1.94 bits per heavy atom. The molecule has 1 fully saturated rings. The highest BCUT2D eigenvalue weighted by atomic mass is 16.1. The van der Waals surface area contributed by atoms with Crippen molar-refractivity contribution in [1.29, 1.82) is 0 Å². The van der Waals surface area contributed by atoms with Gasteiger partial charge in [-0.1, -0.05) is 34.1 Å². The fraction of sp³-hybridized carbons (Fsp3) is 0.938. The predicted molar refractivity (Wildman–Crippen MR) is 77.7 cm³/mol. The zero-order valence-electron chi connectivity index (χ0n) is 13.1. The molecule has 0 heterocycles. The number of rotatable bonds is 5. The van der Waals surface area contributed by atoms with Crippen molar-refractivity contribution in [3.63, 3.8) is 0 Å². The minimum Gasteiger partial charge on any atom is -0.303 e. The number of ketones is 1. The minimum atomic E-state index is -0.0922. The van der Waals surface area contributed by atoms with Crippen LogP contribution in [0.2, 0.25) is 0 Å². The second-order valence-corrected chi connectivity index (χ2v) is 7.26. The summed E-state index contributed by atoms with van der Waals surface area (Å²) in [6, 6.07) is 0.572. The minimum absolute atomic E-state index is 0.0922. The van der Waals surface area contributed by atoms with E-state index in [-0.39, 0.29) is 11.3 Å². The summed E-state index contributed by atoms with van der Waals surface area (Å²) in [6.07, 6.45) is 4.56. The molecule has 2 unspecified atom stereocenters. The van der Waals surface area contributed by atoms with Crippen LogP contribution in [0, 0.1) is 17.3 Å². The second-order valence-electron chi connectivity index (χ2n) is 7.26. The fourth-order valence-electron chi connectivity index (χ4n) is 3.16. The van der Waals surface area contributed by atoms with E-state index < -0.39 is 0 Å². The van der Waals surface area contributed by atoms with Crippen LogP contribution in [0.25, 0.3) is 0 Å². The monoisotopic (exact) mass is 253 g/mol. The molecule has 0 aromatic rings. The van der Waals surface area contributed by atoms with Gasteiger partial charge in [0.15, 0.2) is 0 Å². The zero-order chi connectivity index (χ0) is 13.9. The van der Waals surface area contributed by atoms with Crippen LogP contribution < -0.4 is 0 Å². The van der Waals surface area contributed by atoms with Crippen molar-refractivity contribution in [2.45, 2.75) is 66.3 Å². The molecular formula is C16H31NO. The maximum absolute atomic E-state index is 12.4. The maximum atomic E-state index is 12.4. The topological polar surface area (TPSA) is 20.3 Å². The van der Waals surface area contributed by atoms with Crippen molar-refractivity contribution in [3.05, 3.63) is 0 Å². The Balaban J connectivity index is 2.53. The molecule has 2 atom stereocenters. The fourth-order valence-corrected chi connectivity index (χ4v) is 3.16. The molecule has 0 N–H and O–H groups in total. The van der Waals surface area contributed by atoms with Gasteiger partial charge >= 0.3 is 0 Å². The lowest BCUT2D eigenvalue weighted by Crippen LogP contribution is -2.43. The SMILES string of the molecule is CC(C)CC(C)N(C)CC1CCCC(C)(C)C1=O. The largest absolute Gasteiger partial charge is 0.303 e. The molecule has 0 aromatic carbocycles. The number of carbonyl (C=O) groups excluding carboxylic acids is 1. The second kappa shape index (κ2) is 6.18. The lowest BCUT2D eigenvalue weighted by molar-refractivity contribution is -0.135. The Hall–Kier alpha value is -0.370. The van der Waals surface area contributed by atoms with Gasteiger partial charge in [0.1, 0.15) is 5.78 Å². The first-order chi connectivity index (χ1) is 8.24. The van der Waals surface area contributed by atoms with Gasteiger partial charge in [-0.15, -0.1) is 0 Å². The Labute approximate surface area is 113 Å². The van der Waals surface area contributed by atoms with E-state index in [1.807, 2.05) is 0 Å². The van der Waals surface area contributed by atoms with Crippen molar-refractivity contribution < 1.29 is 4.79 Å². The molecule has 1 rings (SSSR count). The van der Waals surface area contributed by atoms with Crippen LogP contribution in [0.5, 0.6) is 0 Å². The van der Waals surface area contributed by atoms with Crippen molar-refractivity contribution in [3.8, 4) is 0 Å². The van der Waals surface area contributed by atoms with Crippen LogP contribution in [0.4, 0.5) is 0 Å². The summed E-state index contributed by atoms with van der Waals surface area (Å²) in [5.74, 6) is 1.46. The quantitative estimate of drug-likeness (QED) is 0.744. The van der Waals surface area contributed by atoms with Crippen molar-refractivity contribution in [1.82, 2.24) is 4.90 Å². The van der Waals surface area contributed by atoms with E-state index in [0.29, 0.717) is 11.8 Å². The van der Waals surface area contributed by atoms with Gasteiger partial charge in [0, 0.05) is 23.9 Å². The van der Waals surface area contributed by atoms with E-state index in [1.54, 1.807) is 0 Å². The van der Waals surface area contributed by atoms with Crippen LogP contribution in [0.1, 0.15) is 60.3 Å². The standard InChI is InChI=1S/C16H31NO/c1-12(2)10-13(3)17(6)11-14-8-7-9-16(4,5)15(14)18/h12-14H,7-11H2,1-6H3. The van der Waals surface area contributed by atoms with E-state index in [1.165, 1.54) is 12.8 Å². The van der Waals surface area contributed by atoms with Crippen molar-refractivity contribution in [2.75, 3.05) is 13.6 Å². The van der Waals surface area contributed by atoms with E-state index in [9.17, 15) is 4.79 Å². The van der Waals surface area contributed by atoms with Gasteiger partial charge in [-0.05, 0) is 39.2 Å². The molecular weight excluding hydrogens is 222 g/mol. The number of Topliss-reactive ketones (excluding diaryl/α,β-unsaturated/α-hetero) is 1. The summed E-state index contributed by atoms with van der Waals surface area (Å²) >= 11 is 0. The molecule has 2 heteroatoms. The molecule has 18 heavy (non-hydrogen) atoms. The average molecular weight is 253 g/mol.